The van der Waals surface area contributed by atoms with Crippen molar-refractivity contribution in [3.63, 3.8) is 0 Å². The Bertz CT molecular complexity index is 487. The van der Waals surface area contributed by atoms with E-state index >= 15 is 0 Å². The van der Waals surface area contributed by atoms with Crippen LogP contribution >= 0.6 is 35.7 Å². The van der Waals surface area contributed by atoms with Crippen LogP contribution < -0.4 is 15.4 Å². The van der Waals surface area contributed by atoms with E-state index in [4.69, 9.17) is 4.74 Å². The van der Waals surface area contributed by atoms with E-state index in [-0.39, 0.29) is 29.7 Å². The summed E-state index contributed by atoms with van der Waals surface area (Å²) >= 11 is 1.71. The van der Waals surface area contributed by atoms with Crippen molar-refractivity contribution in [3.8, 4) is 5.75 Å². The smallest absolute Gasteiger partial charge is 0.422 e. The van der Waals surface area contributed by atoms with Gasteiger partial charge >= 0.3 is 6.18 Å². The molecule has 0 aliphatic heterocycles. The maximum atomic E-state index is 12.2. The molecule has 0 heterocycles. The van der Waals surface area contributed by atoms with Crippen LogP contribution in [0.2, 0.25) is 0 Å². The molecule has 23 heavy (non-hydrogen) atoms. The van der Waals surface area contributed by atoms with Crippen molar-refractivity contribution in [3.05, 3.63) is 29.8 Å². The number of benzene rings is 1. The first-order valence-corrected chi connectivity index (χ1v) is 8.06. The van der Waals surface area contributed by atoms with E-state index in [0.29, 0.717) is 18.1 Å². The van der Waals surface area contributed by atoms with E-state index in [1.165, 1.54) is 6.07 Å². The highest BCUT2D eigenvalue weighted by Crippen LogP contribution is 2.21. The summed E-state index contributed by atoms with van der Waals surface area (Å²) < 4.78 is 41.6. The number of alkyl halides is 3. The van der Waals surface area contributed by atoms with Gasteiger partial charge in [0.05, 0.1) is 0 Å². The second kappa shape index (κ2) is 11.7. The summed E-state index contributed by atoms with van der Waals surface area (Å²) in [7, 11) is 1.64. The summed E-state index contributed by atoms with van der Waals surface area (Å²) in [4.78, 5) is 4.05. The molecule has 4 nitrogen and oxygen atoms in total. The molecule has 0 radical (unpaired) electrons. The zero-order valence-electron chi connectivity index (χ0n) is 12.9. The zero-order valence-corrected chi connectivity index (χ0v) is 16.1. The Balaban J connectivity index is 0.00000484. The largest absolute Gasteiger partial charge is 0.484 e. The van der Waals surface area contributed by atoms with Crippen LogP contribution in [0.1, 0.15) is 5.56 Å². The Morgan fingerprint density at radius 2 is 1.96 bits per heavy atom. The predicted octanol–water partition coefficient (Wildman–Crippen LogP) is 3.27. The monoisotopic (exact) mass is 463 g/mol. The zero-order chi connectivity index (χ0) is 16.4. The van der Waals surface area contributed by atoms with Gasteiger partial charge in [-0.3, -0.25) is 4.99 Å². The standard InChI is InChI=1S/C14H20F3N3OS.HI/c1-18-13(19-7-8-22-2)20-9-11-5-3-4-6-12(11)21-10-14(15,16)17;/h3-6H,7-10H2,1-2H3,(H2,18,19,20);1H. The highest BCUT2D eigenvalue weighted by atomic mass is 127. The van der Waals surface area contributed by atoms with Gasteiger partial charge in [0.2, 0.25) is 0 Å². The van der Waals surface area contributed by atoms with Crippen LogP contribution in [0.15, 0.2) is 29.3 Å². The second-order valence-electron chi connectivity index (χ2n) is 4.36. The lowest BCUT2D eigenvalue weighted by Gasteiger charge is -2.15. The lowest BCUT2D eigenvalue weighted by atomic mass is 10.2. The van der Waals surface area contributed by atoms with E-state index in [9.17, 15) is 13.2 Å². The van der Waals surface area contributed by atoms with Crippen LogP contribution in [0.4, 0.5) is 13.2 Å². The number of halogens is 4. The molecule has 0 amide bonds. The third-order valence-electron chi connectivity index (χ3n) is 2.63. The molecule has 0 spiro atoms. The Hall–Kier alpha value is -0.840. The lowest BCUT2D eigenvalue weighted by molar-refractivity contribution is -0.153. The molecule has 0 aliphatic carbocycles. The van der Waals surface area contributed by atoms with Crippen molar-refractivity contribution < 1.29 is 17.9 Å². The van der Waals surface area contributed by atoms with Crippen molar-refractivity contribution in [1.29, 1.82) is 0 Å². The third kappa shape index (κ3) is 9.80. The number of hydrogen-bond donors (Lipinski definition) is 2. The van der Waals surface area contributed by atoms with Gasteiger partial charge in [-0.2, -0.15) is 24.9 Å². The number of para-hydroxylation sites is 1. The number of ether oxygens (including phenoxy) is 1. The summed E-state index contributed by atoms with van der Waals surface area (Å²) in [5.41, 5.74) is 0.638. The fourth-order valence-corrected chi connectivity index (χ4v) is 1.93. The van der Waals surface area contributed by atoms with E-state index in [1.807, 2.05) is 6.26 Å². The molecule has 9 heteroatoms. The molecule has 0 fully saturated rings. The summed E-state index contributed by atoms with van der Waals surface area (Å²) in [5, 5.41) is 6.16. The summed E-state index contributed by atoms with van der Waals surface area (Å²) in [6.07, 6.45) is -2.35. The van der Waals surface area contributed by atoms with Crippen LogP contribution in [0.5, 0.6) is 5.75 Å². The molecule has 0 atom stereocenters. The van der Waals surface area contributed by atoms with Crippen LogP contribution in [0.25, 0.3) is 0 Å². The van der Waals surface area contributed by atoms with Gasteiger partial charge in [0.1, 0.15) is 5.75 Å². The number of nitrogens with one attached hydrogen (secondary N) is 2. The van der Waals surface area contributed by atoms with Gasteiger partial charge < -0.3 is 15.4 Å². The van der Waals surface area contributed by atoms with Gasteiger partial charge in [0.15, 0.2) is 12.6 Å². The average Bonchev–Trinajstić information content (AvgIpc) is 2.48. The fraction of sp³-hybridized carbons (Fsp3) is 0.500. The van der Waals surface area contributed by atoms with Crippen molar-refractivity contribution in [2.75, 3.05) is 32.2 Å². The molecule has 0 aromatic heterocycles. The predicted molar refractivity (Wildman–Crippen MR) is 100.0 cm³/mol. The number of thioether (sulfide) groups is 1. The van der Waals surface area contributed by atoms with Gasteiger partial charge in [-0.05, 0) is 12.3 Å². The lowest BCUT2D eigenvalue weighted by Crippen LogP contribution is -2.38. The molecular weight excluding hydrogens is 442 g/mol. The average molecular weight is 463 g/mol. The van der Waals surface area contributed by atoms with Gasteiger partial charge in [0.25, 0.3) is 0 Å². The van der Waals surface area contributed by atoms with Crippen LogP contribution in [0, 0.1) is 0 Å². The van der Waals surface area contributed by atoms with Crippen molar-refractivity contribution >= 4 is 41.7 Å². The molecule has 1 aromatic carbocycles. The molecule has 0 saturated carbocycles. The van der Waals surface area contributed by atoms with E-state index in [2.05, 4.69) is 15.6 Å². The number of guanidine groups is 1. The molecule has 132 valence electrons. The van der Waals surface area contributed by atoms with Crippen LogP contribution in [-0.2, 0) is 6.54 Å². The van der Waals surface area contributed by atoms with Gasteiger partial charge in [-0.15, -0.1) is 24.0 Å². The Kier molecular flexibility index (Phi) is 11.2. The third-order valence-corrected chi connectivity index (χ3v) is 3.24. The van der Waals surface area contributed by atoms with Gasteiger partial charge in [-0.1, -0.05) is 18.2 Å². The normalized spacial score (nSPS) is 11.6. The minimum atomic E-state index is -4.35. The maximum Gasteiger partial charge on any atom is 0.422 e. The summed E-state index contributed by atoms with van der Waals surface area (Å²) in [6, 6.07) is 6.63. The van der Waals surface area contributed by atoms with Gasteiger partial charge in [0, 0.05) is 31.5 Å². The SMILES string of the molecule is CN=C(NCCSC)NCc1ccccc1OCC(F)(F)F.I. The molecule has 1 rings (SSSR count). The molecule has 0 aliphatic rings. The van der Waals surface area contributed by atoms with Crippen LogP contribution in [-0.4, -0.2) is 44.3 Å². The first-order chi connectivity index (χ1) is 10.5. The Labute approximate surface area is 155 Å². The maximum absolute atomic E-state index is 12.2. The Morgan fingerprint density at radius 3 is 2.57 bits per heavy atom. The van der Waals surface area contributed by atoms with Gasteiger partial charge in [-0.25, -0.2) is 0 Å². The molecule has 2 N–H and O–H groups in total. The highest BCUT2D eigenvalue weighted by molar-refractivity contribution is 14.0. The minimum absolute atomic E-state index is 0. The first kappa shape index (κ1) is 22.2. The number of rotatable bonds is 7. The number of hydrogen-bond acceptors (Lipinski definition) is 3. The van der Waals surface area contributed by atoms with E-state index < -0.39 is 12.8 Å². The fourth-order valence-electron chi connectivity index (χ4n) is 1.62. The molecule has 1 aromatic rings. The highest BCUT2D eigenvalue weighted by Gasteiger charge is 2.28. The number of aliphatic imine (C=N–C) groups is 1. The summed E-state index contributed by atoms with van der Waals surface area (Å²) in [5.74, 6) is 1.75. The molecule has 0 saturated heterocycles. The molecular formula is C14H21F3IN3OS. The molecule has 0 unspecified atom stereocenters. The van der Waals surface area contributed by atoms with E-state index in [0.717, 1.165) is 12.3 Å². The van der Waals surface area contributed by atoms with Crippen molar-refractivity contribution in [1.82, 2.24) is 10.6 Å². The summed E-state index contributed by atoms with van der Waals surface area (Å²) in [6.45, 7) is -0.218. The molecule has 0 bridgehead atoms. The van der Waals surface area contributed by atoms with Crippen LogP contribution in [0.3, 0.4) is 0 Å². The minimum Gasteiger partial charge on any atom is -0.484 e. The van der Waals surface area contributed by atoms with E-state index in [1.54, 1.807) is 37.0 Å². The topological polar surface area (TPSA) is 45.7 Å². The second-order valence-corrected chi connectivity index (χ2v) is 5.34. The quantitative estimate of drug-likeness (QED) is 0.282. The first-order valence-electron chi connectivity index (χ1n) is 6.67. The Morgan fingerprint density at radius 1 is 1.26 bits per heavy atom. The van der Waals surface area contributed by atoms with Crippen molar-refractivity contribution in [2.45, 2.75) is 12.7 Å². The number of nitrogens with zero attached hydrogens (tertiary/aromatic N) is 1. The van der Waals surface area contributed by atoms with Crippen molar-refractivity contribution in [2.24, 2.45) is 4.99 Å².